The number of benzene rings is 2. The highest BCUT2D eigenvalue weighted by atomic mass is 16.6. The first-order valence-corrected chi connectivity index (χ1v) is 13.7. The van der Waals surface area contributed by atoms with Crippen molar-refractivity contribution in [1.82, 2.24) is 25.3 Å². The van der Waals surface area contributed by atoms with Crippen LogP contribution in [0.15, 0.2) is 41.0 Å². The maximum Gasteiger partial charge on any atom is 0.300 e. The quantitative estimate of drug-likeness (QED) is 0.0775. The number of hydrogen-bond acceptors (Lipinski definition) is 13. The molecule has 0 unspecified atom stereocenters. The van der Waals surface area contributed by atoms with Crippen molar-refractivity contribution in [3.63, 3.8) is 0 Å². The second-order valence-corrected chi connectivity index (χ2v) is 9.75. The number of nitro benzene ring substituents is 1. The van der Waals surface area contributed by atoms with Crippen LogP contribution in [0.25, 0.3) is 11.0 Å². The van der Waals surface area contributed by atoms with Crippen molar-refractivity contribution >= 4 is 40.3 Å². The first kappa shape index (κ1) is 29.2. The predicted octanol–water partition coefficient (Wildman–Crippen LogP) is 4.88. The summed E-state index contributed by atoms with van der Waals surface area (Å²) in [5.41, 5.74) is 2.25. The van der Waals surface area contributed by atoms with Crippen molar-refractivity contribution in [2.75, 3.05) is 48.0 Å². The number of nitrogens with zero attached hydrogens (tertiary/aromatic N) is 6. The fourth-order valence-electron chi connectivity index (χ4n) is 4.14. The average molecular weight is 565 g/mol. The first-order chi connectivity index (χ1) is 19.9. The van der Waals surface area contributed by atoms with Gasteiger partial charge in [-0.2, -0.15) is 15.0 Å². The molecule has 41 heavy (non-hydrogen) atoms. The Morgan fingerprint density at radius 2 is 1.46 bits per heavy atom. The lowest BCUT2D eigenvalue weighted by atomic mass is 10.1. The Morgan fingerprint density at radius 1 is 0.829 bits per heavy atom. The Hall–Kier alpha value is -4.75. The van der Waals surface area contributed by atoms with Crippen LogP contribution in [-0.2, 0) is 6.42 Å². The third-order valence-electron chi connectivity index (χ3n) is 6.20. The molecule has 14 heteroatoms. The first-order valence-electron chi connectivity index (χ1n) is 13.7. The minimum Gasteiger partial charge on any atom is -0.497 e. The van der Waals surface area contributed by atoms with Gasteiger partial charge in [0.25, 0.3) is 0 Å². The van der Waals surface area contributed by atoms with Gasteiger partial charge in [-0.05, 0) is 67.2 Å². The molecule has 0 fully saturated rings. The predicted molar refractivity (Wildman–Crippen MR) is 158 cm³/mol. The fourth-order valence-corrected chi connectivity index (χ4v) is 4.14. The molecular formula is C27H36N10O4. The van der Waals surface area contributed by atoms with Crippen LogP contribution in [0.2, 0.25) is 0 Å². The van der Waals surface area contributed by atoms with Gasteiger partial charge in [0.15, 0.2) is 5.52 Å². The van der Waals surface area contributed by atoms with E-state index >= 15 is 0 Å². The molecule has 0 atom stereocenters. The summed E-state index contributed by atoms with van der Waals surface area (Å²) in [6, 6.07) is 11.2. The molecule has 0 saturated carbocycles. The Balaban J connectivity index is 1.19. The van der Waals surface area contributed by atoms with Gasteiger partial charge in [-0.15, -0.1) is 0 Å². The zero-order valence-electron chi connectivity index (χ0n) is 23.5. The zero-order valence-corrected chi connectivity index (χ0v) is 23.5. The number of rotatable bonds is 17. The highest BCUT2D eigenvalue weighted by Gasteiger charge is 2.19. The number of hydrogen-bond donors (Lipinski definition) is 4. The Labute approximate surface area is 237 Å². The van der Waals surface area contributed by atoms with Gasteiger partial charge in [-0.25, -0.2) is 4.63 Å². The molecule has 218 valence electrons. The van der Waals surface area contributed by atoms with Gasteiger partial charge in [0, 0.05) is 31.7 Å². The summed E-state index contributed by atoms with van der Waals surface area (Å²) >= 11 is 0. The fraction of sp³-hybridized carbons (Fsp3) is 0.444. The Kier molecular flexibility index (Phi) is 10.4. The molecule has 2 heterocycles. The number of nitrogens with one attached hydrogen (secondary N) is 4. The summed E-state index contributed by atoms with van der Waals surface area (Å²) in [4.78, 5) is 24.2. The number of methoxy groups -OCH3 is 1. The summed E-state index contributed by atoms with van der Waals surface area (Å²) in [6.45, 7) is 6.20. The molecule has 14 nitrogen and oxygen atoms in total. The van der Waals surface area contributed by atoms with Gasteiger partial charge in [0.05, 0.1) is 17.7 Å². The molecule has 4 aromatic rings. The van der Waals surface area contributed by atoms with Crippen LogP contribution in [0.4, 0.5) is 29.2 Å². The second kappa shape index (κ2) is 14.6. The highest BCUT2D eigenvalue weighted by molar-refractivity contribution is 5.93. The summed E-state index contributed by atoms with van der Waals surface area (Å²) in [6.07, 6.45) is 4.74. The van der Waals surface area contributed by atoms with Crippen LogP contribution in [0, 0.1) is 10.1 Å². The third kappa shape index (κ3) is 8.62. The molecule has 0 bridgehead atoms. The topological polar surface area (TPSA) is 178 Å². The van der Waals surface area contributed by atoms with Crippen molar-refractivity contribution < 1.29 is 14.3 Å². The van der Waals surface area contributed by atoms with Crippen molar-refractivity contribution in [2.45, 2.75) is 52.0 Å². The zero-order chi connectivity index (χ0) is 29.0. The summed E-state index contributed by atoms with van der Waals surface area (Å²) in [5.74, 6) is 2.41. The maximum atomic E-state index is 11.1. The molecule has 4 N–H and O–H groups in total. The van der Waals surface area contributed by atoms with Gasteiger partial charge in [-0.3, -0.25) is 10.1 Å². The van der Waals surface area contributed by atoms with Crippen LogP contribution in [0.5, 0.6) is 5.75 Å². The van der Waals surface area contributed by atoms with Gasteiger partial charge >= 0.3 is 5.69 Å². The number of aromatic nitrogens is 5. The van der Waals surface area contributed by atoms with E-state index in [0.717, 1.165) is 44.4 Å². The van der Waals surface area contributed by atoms with E-state index in [-0.39, 0.29) is 17.2 Å². The minimum atomic E-state index is -0.496. The molecule has 4 rings (SSSR count). The average Bonchev–Trinajstić information content (AvgIpc) is 3.44. The van der Waals surface area contributed by atoms with Crippen LogP contribution >= 0.6 is 0 Å². The van der Waals surface area contributed by atoms with Gasteiger partial charge in [-0.1, -0.05) is 25.0 Å². The van der Waals surface area contributed by atoms with Crippen LogP contribution < -0.4 is 26.0 Å². The van der Waals surface area contributed by atoms with Crippen molar-refractivity contribution in [3.8, 4) is 5.75 Å². The van der Waals surface area contributed by atoms with E-state index in [2.05, 4.69) is 46.5 Å². The number of non-ortho nitro benzene ring substituents is 1. The molecule has 0 spiro atoms. The van der Waals surface area contributed by atoms with E-state index in [1.165, 1.54) is 11.6 Å². The van der Waals surface area contributed by atoms with Crippen molar-refractivity contribution in [1.29, 1.82) is 0 Å². The van der Waals surface area contributed by atoms with Crippen molar-refractivity contribution in [3.05, 3.63) is 52.1 Å². The molecule has 0 radical (unpaired) electrons. The van der Waals surface area contributed by atoms with E-state index in [1.54, 1.807) is 13.2 Å². The molecular weight excluding hydrogens is 528 g/mol. The smallest absolute Gasteiger partial charge is 0.300 e. The normalized spacial score (nSPS) is 11.0. The maximum absolute atomic E-state index is 11.1. The number of anilines is 4. The largest absolute Gasteiger partial charge is 0.497 e. The number of ether oxygens (including phenoxy) is 1. The monoisotopic (exact) mass is 564 g/mol. The van der Waals surface area contributed by atoms with E-state index in [9.17, 15) is 10.1 Å². The summed E-state index contributed by atoms with van der Waals surface area (Å²) in [7, 11) is 1.66. The van der Waals surface area contributed by atoms with E-state index in [0.29, 0.717) is 42.1 Å². The number of fused-ring (bicyclic) bond motifs is 1. The molecule has 0 amide bonds. The SMILES string of the molecule is COc1ccc(CCNc2nc(NCCCCCCNc3ccc([N+](=O)[O-])c4nonc34)nc(NC(C)C)n2)cc1. The lowest BCUT2D eigenvalue weighted by Gasteiger charge is -2.13. The highest BCUT2D eigenvalue weighted by Crippen LogP contribution is 2.28. The van der Waals surface area contributed by atoms with E-state index in [4.69, 9.17) is 9.37 Å². The second-order valence-electron chi connectivity index (χ2n) is 9.75. The molecule has 0 aliphatic carbocycles. The van der Waals surface area contributed by atoms with Gasteiger partial charge in [0.1, 0.15) is 5.75 Å². The third-order valence-corrected chi connectivity index (χ3v) is 6.20. The number of unbranched alkanes of at least 4 members (excludes halogenated alkanes) is 3. The molecule has 0 aliphatic rings. The summed E-state index contributed by atoms with van der Waals surface area (Å²) < 4.78 is 9.92. The minimum absolute atomic E-state index is 0.124. The van der Waals surface area contributed by atoms with Crippen LogP contribution in [-0.4, -0.2) is 63.0 Å². The standard InChI is InChI=1S/C27H36N10O4/c1-18(2)31-27-33-25(32-26(34-27)30-17-14-19-8-10-20(40-3)11-9-19)29-16-7-5-4-6-15-28-21-12-13-22(37(38)39)24-23(21)35-41-36-24/h8-13,18,28H,4-7,14-17H2,1-3H3,(H3,29,30,31,32,33,34). The molecule has 0 aliphatic heterocycles. The van der Waals surface area contributed by atoms with Crippen LogP contribution in [0.3, 0.4) is 0 Å². The lowest BCUT2D eigenvalue weighted by Crippen LogP contribution is -2.17. The van der Waals surface area contributed by atoms with E-state index < -0.39 is 4.92 Å². The van der Waals surface area contributed by atoms with Crippen molar-refractivity contribution in [2.24, 2.45) is 0 Å². The van der Waals surface area contributed by atoms with Gasteiger partial charge in [0.2, 0.25) is 23.4 Å². The summed E-state index contributed by atoms with van der Waals surface area (Å²) in [5, 5.41) is 31.7. The Morgan fingerprint density at radius 3 is 2.12 bits per heavy atom. The molecule has 0 saturated heterocycles. The molecule has 2 aromatic heterocycles. The van der Waals surface area contributed by atoms with Gasteiger partial charge < -0.3 is 26.0 Å². The van der Waals surface area contributed by atoms with E-state index in [1.807, 2.05) is 38.1 Å². The Bertz CT molecular complexity index is 1410. The lowest BCUT2D eigenvalue weighted by molar-refractivity contribution is -0.383. The number of nitro groups is 1. The van der Waals surface area contributed by atoms with Crippen LogP contribution in [0.1, 0.15) is 45.1 Å². The molecule has 2 aromatic carbocycles.